The zero-order valence-corrected chi connectivity index (χ0v) is 32.1. The van der Waals surface area contributed by atoms with Gasteiger partial charge in [0.15, 0.2) is 0 Å². The fraction of sp³-hybridized carbons (Fsp3) is 0.474. The molecule has 0 saturated heterocycles. The number of hydrogen-bond acceptors (Lipinski definition) is 6. The molecule has 6 nitrogen and oxygen atoms in total. The fourth-order valence-corrected chi connectivity index (χ4v) is 7.63. The predicted molar refractivity (Wildman–Crippen MR) is 193 cm³/mol. The minimum Gasteiger partial charge on any atom is -0.744 e. The van der Waals surface area contributed by atoms with Crippen LogP contribution in [0.3, 0.4) is 0 Å². The monoisotopic (exact) mass is 706 g/mol. The van der Waals surface area contributed by atoms with Crippen molar-refractivity contribution >= 4 is 79.5 Å². The maximum Gasteiger partial charge on any atom is 2.00 e. The molecular formula is C38H50CaO6S2. The molecule has 0 spiro atoms. The molecule has 4 aromatic carbocycles. The Kier molecular flexibility index (Phi) is 19.1. The van der Waals surface area contributed by atoms with Crippen LogP contribution in [0.4, 0.5) is 0 Å². The van der Waals surface area contributed by atoms with Gasteiger partial charge in [-0.2, -0.15) is 0 Å². The van der Waals surface area contributed by atoms with Gasteiger partial charge in [-0.05, 0) is 70.5 Å². The third kappa shape index (κ3) is 13.7. The summed E-state index contributed by atoms with van der Waals surface area (Å²) in [6.45, 7) is 4.40. The summed E-state index contributed by atoms with van der Waals surface area (Å²) in [7, 11) is -8.86. The summed E-state index contributed by atoms with van der Waals surface area (Å²) in [6, 6.07) is 21.7. The van der Waals surface area contributed by atoms with Crippen LogP contribution in [0.25, 0.3) is 21.5 Å². The predicted octanol–water partition coefficient (Wildman–Crippen LogP) is 9.69. The minimum absolute atomic E-state index is 0. The van der Waals surface area contributed by atoms with Gasteiger partial charge in [-0.25, -0.2) is 16.8 Å². The van der Waals surface area contributed by atoms with Crippen LogP contribution in [0.15, 0.2) is 82.6 Å². The van der Waals surface area contributed by atoms with E-state index >= 15 is 0 Å². The van der Waals surface area contributed by atoms with E-state index in [9.17, 15) is 25.9 Å². The van der Waals surface area contributed by atoms with E-state index in [4.69, 9.17) is 0 Å². The molecule has 47 heavy (non-hydrogen) atoms. The number of aryl methyl sites for hydroxylation is 2. The minimum atomic E-state index is -4.43. The Hall–Kier alpha value is -1.52. The maximum absolute atomic E-state index is 11.5. The second-order valence-electron chi connectivity index (χ2n) is 12.2. The van der Waals surface area contributed by atoms with E-state index in [1.54, 1.807) is 12.1 Å². The molecule has 252 valence electrons. The van der Waals surface area contributed by atoms with Gasteiger partial charge >= 0.3 is 37.7 Å². The molecule has 0 atom stereocenters. The fourth-order valence-electron chi connectivity index (χ4n) is 6.13. The van der Waals surface area contributed by atoms with Crippen molar-refractivity contribution in [2.45, 2.75) is 126 Å². The molecule has 9 heteroatoms. The smallest absolute Gasteiger partial charge is 0.744 e. The molecule has 0 aliphatic carbocycles. The molecule has 0 heterocycles. The summed E-state index contributed by atoms with van der Waals surface area (Å²) in [5.74, 6) is 0. The molecule has 4 rings (SSSR count). The van der Waals surface area contributed by atoms with E-state index in [-0.39, 0.29) is 47.5 Å². The van der Waals surface area contributed by atoms with Gasteiger partial charge in [-0.3, -0.25) is 0 Å². The Morgan fingerprint density at radius 3 is 1.11 bits per heavy atom. The third-order valence-electron chi connectivity index (χ3n) is 8.59. The quantitative estimate of drug-likeness (QED) is 0.0578. The molecule has 0 bridgehead atoms. The van der Waals surface area contributed by atoms with Crippen LogP contribution < -0.4 is 0 Å². The summed E-state index contributed by atoms with van der Waals surface area (Å²) in [5, 5.41) is 3.74. The Bertz CT molecular complexity index is 1610. The van der Waals surface area contributed by atoms with Crippen LogP contribution in [0.5, 0.6) is 0 Å². The van der Waals surface area contributed by atoms with E-state index in [0.717, 1.165) is 47.2 Å². The van der Waals surface area contributed by atoms with Crippen LogP contribution in [0, 0.1) is 0 Å². The first kappa shape index (κ1) is 41.7. The molecule has 0 aliphatic heterocycles. The average Bonchev–Trinajstić information content (AvgIpc) is 3.03. The van der Waals surface area contributed by atoms with Crippen molar-refractivity contribution in [3.63, 3.8) is 0 Å². The average molecular weight is 707 g/mol. The molecule has 0 radical (unpaired) electrons. The van der Waals surface area contributed by atoms with Crippen LogP contribution in [0.1, 0.15) is 115 Å². The first-order chi connectivity index (χ1) is 22.1. The zero-order valence-electron chi connectivity index (χ0n) is 28.2. The van der Waals surface area contributed by atoms with Crippen molar-refractivity contribution in [3.8, 4) is 0 Å². The number of rotatable bonds is 18. The molecule has 0 aliphatic rings. The summed E-state index contributed by atoms with van der Waals surface area (Å²) < 4.78 is 69.3. The van der Waals surface area contributed by atoms with E-state index in [1.807, 2.05) is 48.5 Å². The Morgan fingerprint density at radius 2 is 0.766 bits per heavy atom. The first-order valence-electron chi connectivity index (χ1n) is 17.0. The second kappa shape index (κ2) is 21.5. The topological polar surface area (TPSA) is 114 Å². The van der Waals surface area contributed by atoms with Crippen LogP contribution in [0.2, 0.25) is 0 Å². The molecule has 0 unspecified atom stereocenters. The third-order valence-corrected chi connectivity index (χ3v) is 10.4. The van der Waals surface area contributed by atoms with Gasteiger partial charge in [0.05, 0.1) is 9.79 Å². The summed E-state index contributed by atoms with van der Waals surface area (Å²) in [4.78, 5) is -0.107. The van der Waals surface area contributed by atoms with E-state index in [1.165, 1.54) is 76.3 Å². The molecule has 0 fully saturated rings. The largest absolute Gasteiger partial charge is 2.00 e. The van der Waals surface area contributed by atoms with Gasteiger partial charge in [0, 0.05) is 0 Å². The summed E-state index contributed by atoms with van der Waals surface area (Å²) in [6.07, 6.45) is 17.7. The summed E-state index contributed by atoms with van der Waals surface area (Å²) in [5.41, 5.74) is 1.37. The van der Waals surface area contributed by atoms with Gasteiger partial charge < -0.3 is 9.11 Å². The molecule has 0 N–H and O–H groups in total. The van der Waals surface area contributed by atoms with Crippen LogP contribution in [-0.4, -0.2) is 63.7 Å². The van der Waals surface area contributed by atoms with Gasteiger partial charge in [-0.15, -0.1) is 0 Å². The molecule has 0 amide bonds. The van der Waals surface area contributed by atoms with E-state index in [2.05, 4.69) is 13.8 Å². The first-order valence-corrected chi connectivity index (χ1v) is 19.8. The number of hydrogen-bond donors (Lipinski definition) is 0. The van der Waals surface area contributed by atoms with E-state index in [0.29, 0.717) is 24.0 Å². The van der Waals surface area contributed by atoms with Gasteiger partial charge in [-0.1, -0.05) is 152 Å². The SMILES string of the molecule is CCCCCCCCCc1c(S(=O)(=O)[O-])ccc2ccccc12.CCCCCCCCCc1c(S(=O)(=O)[O-])ccc2ccccc12.[Ca+2]. The molecule has 0 aromatic heterocycles. The van der Waals surface area contributed by atoms with Gasteiger partial charge in [0.25, 0.3) is 0 Å². The van der Waals surface area contributed by atoms with Crippen molar-refractivity contribution in [3.05, 3.63) is 83.9 Å². The van der Waals surface area contributed by atoms with Gasteiger partial charge in [0.1, 0.15) is 20.2 Å². The van der Waals surface area contributed by atoms with Crippen molar-refractivity contribution in [2.24, 2.45) is 0 Å². The van der Waals surface area contributed by atoms with Crippen molar-refractivity contribution in [2.75, 3.05) is 0 Å². The normalized spacial score (nSPS) is 11.7. The van der Waals surface area contributed by atoms with Crippen LogP contribution >= 0.6 is 0 Å². The molecule has 4 aromatic rings. The zero-order chi connectivity index (χ0) is 33.4. The van der Waals surface area contributed by atoms with Crippen molar-refractivity contribution < 1.29 is 25.9 Å². The number of unbranched alkanes of at least 4 members (excludes halogenated alkanes) is 12. The Morgan fingerprint density at radius 1 is 0.447 bits per heavy atom. The van der Waals surface area contributed by atoms with Crippen LogP contribution in [-0.2, 0) is 33.1 Å². The molecular weight excluding hydrogens is 657 g/mol. The summed E-state index contributed by atoms with van der Waals surface area (Å²) >= 11 is 0. The van der Waals surface area contributed by atoms with Crippen molar-refractivity contribution in [1.29, 1.82) is 0 Å². The van der Waals surface area contributed by atoms with Crippen molar-refractivity contribution in [1.82, 2.24) is 0 Å². The standard InChI is InChI=1S/2C19H26O3S.Ca/c2*1-2-3-4-5-6-7-8-13-18-17-12-10-9-11-16(17)14-15-19(18)23(20,21)22;/h2*9-12,14-15H,2-8,13H2,1H3,(H,20,21,22);/q;;+2/p-2. The molecule has 0 saturated carbocycles. The Labute approximate surface area is 313 Å². The maximum atomic E-state index is 11.5. The van der Waals surface area contributed by atoms with Gasteiger partial charge in [0.2, 0.25) is 0 Å². The van der Waals surface area contributed by atoms with E-state index < -0.39 is 20.2 Å². The number of fused-ring (bicyclic) bond motifs is 2. The second-order valence-corrected chi connectivity index (χ2v) is 14.9. The number of benzene rings is 4. The Balaban J connectivity index is 0.000000320.